The van der Waals surface area contributed by atoms with E-state index >= 15 is 0 Å². The van der Waals surface area contributed by atoms with E-state index in [2.05, 4.69) is 4.98 Å². The van der Waals surface area contributed by atoms with Crippen molar-refractivity contribution < 1.29 is 8.78 Å². The van der Waals surface area contributed by atoms with E-state index in [0.29, 0.717) is 12.8 Å². The zero-order chi connectivity index (χ0) is 10.0. The van der Waals surface area contributed by atoms with Crippen LogP contribution in [0.4, 0.5) is 8.78 Å². The maximum absolute atomic E-state index is 12.5. The average molecular weight is 429 g/mol. The van der Waals surface area contributed by atoms with Crippen LogP contribution >= 0.6 is 56.8 Å². The van der Waals surface area contributed by atoms with Gasteiger partial charge < -0.3 is 0 Å². The first-order chi connectivity index (χ1) is 6.07. The minimum atomic E-state index is -2.47. The Morgan fingerprint density at radius 3 is 2.54 bits per heavy atom. The van der Waals surface area contributed by atoms with E-state index in [1.54, 1.807) is 0 Å². The van der Waals surface area contributed by atoms with Crippen LogP contribution in [0.2, 0.25) is 0 Å². The summed E-state index contributed by atoms with van der Waals surface area (Å²) in [7, 11) is 0. The largest absolute Gasteiger partial charge is 0.266 e. The van der Waals surface area contributed by atoms with Gasteiger partial charge in [0.1, 0.15) is 0 Å². The second-order valence-corrected chi connectivity index (χ2v) is 4.72. The summed E-state index contributed by atoms with van der Waals surface area (Å²) in [6.45, 7) is 0. The zero-order valence-electron chi connectivity index (χ0n) is 6.20. The Hall–Kier alpha value is 0.760. The normalized spacial score (nSPS) is 10.9. The second kappa shape index (κ2) is 5.01. The molecule has 1 aromatic heterocycles. The maximum Gasteiger partial charge on any atom is 0.266 e. The van der Waals surface area contributed by atoms with Crippen LogP contribution in [0.3, 0.4) is 0 Å². The predicted octanol–water partition coefficient (Wildman–Crippen LogP) is 3.97. The van der Waals surface area contributed by atoms with Crippen molar-refractivity contribution >= 4 is 56.8 Å². The number of rotatable bonds is 2. The number of pyridine rings is 1. The van der Waals surface area contributed by atoms with Crippen LogP contribution in [-0.4, -0.2) is 4.98 Å². The van der Waals surface area contributed by atoms with Crippen molar-refractivity contribution in [2.45, 2.75) is 12.3 Å². The molecule has 0 aromatic carbocycles. The molecule has 0 aliphatic carbocycles. The molecule has 0 spiro atoms. The van der Waals surface area contributed by atoms with E-state index in [0.717, 1.165) is 0 Å². The Kier molecular flexibility index (Phi) is 4.56. The van der Waals surface area contributed by atoms with Crippen molar-refractivity contribution in [2.75, 3.05) is 0 Å². The van der Waals surface area contributed by atoms with Crippen molar-refractivity contribution in [1.82, 2.24) is 4.98 Å². The lowest BCUT2D eigenvalue weighted by Gasteiger charge is -2.08. The van der Waals surface area contributed by atoms with Gasteiger partial charge in [0.05, 0.1) is 11.6 Å². The lowest BCUT2D eigenvalue weighted by Crippen LogP contribution is -2.00. The lowest BCUT2D eigenvalue weighted by molar-refractivity contribution is 0.149. The summed E-state index contributed by atoms with van der Waals surface area (Å²) in [5.41, 5.74) is 0.546. The Morgan fingerprint density at radius 2 is 2.08 bits per heavy atom. The summed E-state index contributed by atoms with van der Waals surface area (Å²) >= 11 is 9.24. The molecular weight excluding hydrogens is 425 g/mol. The summed E-state index contributed by atoms with van der Waals surface area (Å²) in [4.78, 5) is 3.96. The molecule has 13 heavy (non-hydrogen) atoms. The zero-order valence-corrected chi connectivity index (χ0v) is 11.3. The van der Waals surface area contributed by atoms with Gasteiger partial charge in [0, 0.05) is 18.9 Å². The van der Waals surface area contributed by atoms with Crippen molar-refractivity contribution in [2.24, 2.45) is 0 Å². The molecule has 0 saturated carbocycles. The number of nitrogens with zero attached hydrogens (tertiary/aromatic N) is 1. The molecule has 0 fully saturated rings. The highest BCUT2D eigenvalue weighted by molar-refractivity contribution is 14.1. The number of hydrogen-bond acceptors (Lipinski definition) is 1. The van der Waals surface area contributed by atoms with Gasteiger partial charge in [-0.1, -0.05) is 0 Å². The molecule has 1 heterocycles. The molecule has 0 atom stereocenters. The topological polar surface area (TPSA) is 12.9 Å². The lowest BCUT2D eigenvalue weighted by atomic mass is 10.2. The van der Waals surface area contributed by atoms with Gasteiger partial charge in [-0.2, -0.15) is 0 Å². The van der Waals surface area contributed by atoms with Crippen molar-refractivity contribution in [1.29, 1.82) is 0 Å². The summed E-state index contributed by atoms with van der Waals surface area (Å²) in [6.07, 6.45) is -1.05. The van der Waals surface area contributed by atoms with Gasteiger partial charge in [-0.05, 0) is 45.2 Å². The second-order valence-electron chi connectivity index (χ2n) is 2.21. The highest BCUT2D eigenvalue weighted by Crippen LogP contribution is 2.30. The third kappa shape index (κ3) is 2.62. The van der Waals surface area contributed by atoms with Crippen molar-refractivity contribution in [3.05, 3.63) is 24.6 Å². The fraction of sp³-hybridized carbons (Fsp3) is 0.286. The van der Waals surface area contributed by atoms with Crippen LogP contribution in [0.15, 0.2) is 6.20 Å². The molecule has 0 N–H and O–H groups in total. The van der Waals surface area contributed by atoms with E-state index in [9.17, 15) is 8.78 Å². The van der Waals surface area contributed by atoms with Gasteiger partial charge >= 0.3 is 0 Å². The third-order valence-corrected chi connectivity index (χ3v) is 3.74. The van der Waals surface area contributed by atoms with Gasteiger partial charge in [-0.25, -0.2) is 8.78 Å². The summed E-state index contributed by atoms with van der Waals surface area (Å²) in [5, 5.41) is 0. The Balaban J connectivity index is 3.30. The molecule has 1 aromatic rings. The monoisotopic (exact) mass is 429 g/mol. The minimum absolute atomic E-state index is 0.0341. The van der Waals surface area contributed by atoms with E-state index in [1.165, 1.54) is 6.20 Å². The predicted molar refractivity (Wildman–Crippen MR) is 64.2 cm³/mol. The molecule has 72 valence electrons. The van der Waals surface area contributed by atoms with Gasteiger partial charge in [-0.15, -0.1) is 11.6 Å². The molecular formula is C7H4ClF2I2N. The molecule has 0 amide bonds. The number of alkyl halides is 3. The minimum Gasteiger partial charge on any atom is -0.258 e. The highest BCUT2D eigenvalue weighted by Gasteiger charge is 2.18. The summed E-state index contributed by atoms with van der Waals surface area (Å²) in [5.74, 6) is 0.162. The van der Waals surface area contributed by atoms with E-state index in [4.69, 9.17) is 11.6 Å². The first-order valence-electron chi connectivity index (χ1n) is 3.24. The number of hydrogen-bond donors (Lipinski definition) is 0. The molecule has 0 aliphatic heterocycles. The summed E-state index contributed by atoms with van der Waals surface area (Å²) < 4.78 is 26.0. The maximum atomic E-state index is 12.5. The average Bonchev–Trinajstić information content (AvgIpc) is 2.04. The Morgan fingerprint density at radius 1 is 1.46 bits per heavy atom. The molecule has 0 bridgehead atoms. The molecule has 6 heteroatoms. The quantitative estimate of drug-likeness (QED) is 0.512. The van der Waals surface area contributed by atoms with Crippen LogP contribution in [-0.2, 0) is 5.88 Å². The first-order valence-corrected chi connectivity index (χ1v) is 5.94. The molecule has 0 saturated heterocycles. The van der Waals surface area contributed by atoms with Gasteiger partial charge in [0.15, 0.2) is 0 Å². The smallest absolute Gasteiger partial charge is 0.258 e. The molecule has 0 aliphatic rings. The number of halogens is 5. The van der Waals surface area contributed by atoms with Gasteiger partial charge in [-0.3, -0.25) is 4.98 Å². The van der Waals surface area contributed by atoms with Gasteiger partial charge in [0.2, 0.25) is 0 Å². The van der Waals surface area contributed by atoms with Crippen LogP contribution < -0.4 is 0 Å². The Bertz CT molecular complexity index is 320. The summed E-state index contributed by atoms with van der Waals surface area (Å²) in [6, 6.07) is 0. The molecule has 1 rings (SSSR count). The third-order valence-electron chi connectivity index (χ3n) is 1.43. The molecule has 0 unspecified atom stereocenters. The first kappa shape index (κ1) is 11.8. The fourth-order valence-corrected chi connectivity index (χ4v) is 3.26. The highest BCUT2D eigenvalue weighted by atomic mass is 127. The van der Waals surface area contributed by atoms with E-state index in [1.807, 2.05) is 45.2 Å². The SMILES string of the molecule is FC(F)c1c(I)cnc(CCl)c1I. The van der Waals surface area contributed by atoms with Crippen LogP contribution in [0, 0.1) is 7.14 Å². The van der Waals surface area contributed by atoms with E-state index < -0.39 is 6.43 Å². The standard InChI is InChI=1S/C7H4ClF2I2N/c8-1-4-6(12)5(7(9)10)3(11)2-13-4/h2,7H,1H2. The van der Waals surface area contributed by atoms with Crippen LogP contribution in [0.25, 0.3) is 0 Å². The van der Waals surface area contributed by atoms with Crippen LogP contribution in [0.1, 0.15) is 17.7 Å². The molecule has 0 radical (unpaired) electrons. The van der Waals surface area contributed by atoms with Crippen LogP contribution in [0.5, 0.6) is 0 Å². The van der Waals surface area contributed by atoms with Crippen molar-refractivity contribution in [3.63, 3.8) is 0 Å². The van der Waals surface area contributed by atoms with E-state index in [-0.39, 0.29) is 11.4 Å². The fourth-order valence-electron chi connectivity index (χ4n) is 0.814. The van der Waals surface area contributed by atoms with Gasteiger partial charge in [0.25, 0.3) is 6.43 Å². The Labute approximate surface area is 107 Å². The molecule has 1 nitrogen and oxygen atoms in total. The number of aromatic nitrogens is 1. The van der Waals surface area contributed by atoms with Crippen molar-refractivity contribution in [3.8, 4) is 0 Å².